The summed E-state index contributed by atoms with van der Waals surface area (Å²) in [6.45, 7) is 0. The molecule has 1 rings (SSSR count). The quantitative estimate of drug-likeness (QED) is 0.498. The molecule has 0 unspecified atom stereocenters. The Balaban J connectivity index is 2.86. The fourth-order valence-electron chi connectivity index (χ4n) is 1.04. The van der Waals surface area contributed by atoms with Gasteiger partial charge in [-0.2, -0.15) is 0 Å². The van der Waals surface area contributed by atoms with Gasteiger partial charge in [0.15, 0.2) is 0 Å². The van der Waals surface area contributed by atoms with Crippen molar-refractivity contribution in [3.63, 3.8) is 0 Å². The second-order valence-corrected chi connectivity index (χ2v) is 6.22. The number of carbonyl (C=O) groups excluding carboxylic acids is 1. The maximum atomic E-state index is 10.4. The van der Waals surface area contributed by atoms with Crippen molar-refractivity contribution < 1.29 is 4.79 Å². The average Bonchev–Trinajstić information content (AvgIpc) is 2.21. The summed E-state index contributed by atoms with van der Waals surface area (Å²) in [5.74, 6) is 0. The number of nitrogens with one attached hydrogen (secondary N) is 2. The smallest absolute Gasteiger partial charge is 0.228 e. The van der Waals surface area contributed by atoms with E-state index in [0.29, 0.717) is 22.1 Å². The second-order valence-electron chi connectivity index (χ2n) is 3.03. The third-order valence-electron chi connectivity index (χ3n) is 1.79. The van der Waals surface area contributed by atoms with Crippen LogP contribution in [0.5, 0.6) is 0 Å². The lowest BCUT2D eigenvalue weighted by Crippen LogP contribution is -2.45. The molecule has 17 heavy (non-hydrogen) atoms. The molecule has 1 aromatic rings. The summed E-state index contributed by atoms with van der Waals surface area (Å²) in [6.07, 6.45) is -0.459. The van der Waals surface area contributed by atoms with Gasteiger partial charge < -0.3 is 10.6 Å². The van der Waals surface area contributed by atoms with Crippen LogP contribution in [0.1, 0.15) is 0 Å². The number of halogens is 5. The lowest BCUT2D eigenvalue weighted by atomic mass is 10.3. The summed E-state index contributed by atoms with van der Waals surface area (Å²) < 4.78 is -1.70. The van der Waals surface area contributed by atoms with Crippen molar-refractivity contribution in [1.82, 2.24) is 5.32 Å². The molecule has 1 atom stereocenters. The van der Waals surface area contributed by atoms with E-state index in [1.165, 1.54) is 0 Å². The number of hydrogen-bond donors (Lipinski definition) is 2. The van der Waals surface area contributed by atoms with E-state index >= 15 is 0 Å². The van der Waals surface area contributed by atoms with E-state index in [9.17, 15) is 4.79 Å². The van der Waals surface area contributed by atoms with Crippen LogP contribution >= 0.6 is 58.0 Å². The molecule has 0 saturated heterocycles. The molecule has 1 aromatic carbocycles. The Kier molecular flexibility index (Phi) is 5.48. The van der Waals surface area contributed by atoms with Gasteiger partial charge in [-0.1, -0.05) is 58.0 Å². The Morgan fingerprint density at radius 3 is 2.29 bits per heavy atom. The second kappa shape index (κ2) is 6.21. The molecule has 0 radical (unpaired) electrons. The predicted molar refractivity (Wildman–Crippen MR) is 73.4 cm³/mol. The minimum Gasteiger partial charge on any atom is -0.362 e. The van der Waals surface area contributed by atoms with Gasteiger partial charge in [-0.05, 0) is 18.2 Å². The van der Waals surface area contributed by atoms with Gasteiger partial charge in [-0.15, -0.1) is 0 Å². The van der Waals surface area contributed by atoms with Crippen molar-refractivity contribution in [3.05, 3.63) is 28.2 Å². The maximum Gasteiger partial charge on any atom is 0.228 e. The van der Waals surface area contributed by atoms with Crippen molar-refractivity contribution in [1.29, 1.82) is 0 Å². The van der Waals surface area contributed by atoms with Crippen LogP contribution in [0.2, 0.25) is 10.0 Å². The molecule has 0 saturated carbocycles. The Morgan fingerprint density at radius 1 is 1.18 bits per heavy atom. The fraction of sp³-hybridized carbons (Fsp3) is 0.222. The molecule has 0 aliphatic carbocycles. The molecule has 0 aliphatic heterocycles. The molecule has 0 spiro atoms. The van der Waals surface area contributed by atoms with Gasteiger partial charge in [0.25, 0.3) is 0 Å². The number of benzene rings is 1. The minimum absolute atomic E-state index is 0.353. The molecular formula is C9H7Cl5N2O. The fourth-order valence-corrected chi connectivity index (χ4v) is 1.69. The number of anilines is 1. The van der Waals surface area contributed by atoms with Gasteiger partial charge in [-0.25, -0.2) is 0 Å². The zero-order valence-corrected chi connectivity index (χ0v) is 12.0. The van der Waals surface area contributed by atoms with Gasteiger partial charge in [0.05, 0.1) is 10.0 Å². The summed E-state index contributed by atoms with van der Waals surface area (Å²) in [5, 5.41) is 5.91. The Hall–Kier alpha value is -0.0600. The average molecular weight is 336 g/mol. The van der Waals surface area contributed by atoms with E-state index in [1.54, 1.807) is 18.2 Å². The zero-order valence-electron chi connectivity index (χ0n) is 8.18. The molecule has 0 fully saturated rings. The van der Waals surface area contributed by atoms with Gasteiger partial charge in [0, 0.05) is 5.69 Å². The van der Waals surface area contributed by atoms with E-state index in [4.69, 9.17) is 58.0 Å². The molecule has 0 aliphatic rings. The number of alkyl halides is 3. The molecule has 0 bridgehead atoms. The number of carbonyl (C=O) groups is 1. The SMILES string of the molecule is O=CN[C@H](Nc1ccc(Cl)c(Cl)c1)C(Cl)(Cl)Cl. The van der Waals surface area contributed by atoms with E-state index in [1.807, 2.05) is 0 Å². The molecule has 8 heteroatoms. The highest BCUT2D eigenvalue weighted by molar-refractivity contribution is 6.68. The number of hydrogen-bond acceptors (Lipinski definition) is 2. The highest BCUT2D eigenvalue weighted by Crippen LogP contribution is 2.32. The molecule has 0 aromatic heterocycles. The summed E-state index contributed by atoms with van der Waals surface area (Å²) >= 11 is 28.6. The van der Waals surface area contributed by atoms with Crippen LogP contribution in [0.3, 0.4) is 0 Å². The van der Waals surface area contributed by atoms with Crippen LogP contribution in [0.15, 0.2) is 18.2 Å². The highest BCUT2D eigenvalue weighted by atomic mass is 35.6. The van der Waals surface area contributed by atoms with Crippen LogP contribution in [0, 0.1) is 0 Å². The predicted octanol–water partition coefficient (Wildman–Crippen LogP) is 3.85. The van der Waals surface area contributed by atoms with Crippen LogP contribution < -0.4 is 10.6 Å². The lowest BCUT2D eigenvalue weighted by Gasteiger charge is -2.25. The molecule has 1 amide bonds. The normalized spacial score (nSPS) is 13.0. The standard InChI is InChI=1S/C9H7Cl5N2O/c10-6-2-1-5(3-7(6)11)16-8(15-4-17)9(12,13)14/h1-4,8,16H,(H,15,17)/t8-/m1/s1. The monoisotopic (exact) mass is 334 g/mol. The third-order valence-corrected chi connectivity index (χ3v) is 3.19. The first-order valence-corrected chi connectivity index (χ1v) is 6.21. The summed E-state index contributed by atoms with van der Waals surface area (Å²) in [7, 11) is 0. The Labute approximate surface area is 123 Å². The van der Waals surface area contributed by atoms with Crippen LogP contribution in [0.25, 0.3) is 0 Å². The van der Waals surface area contributed by atoms with Gasteiger partial charge in [-0.3, -0.25) is 4.79 Å². The number of amides is 1. The lowest BCUT2D eigenvalue weighted by molar-refractivity contribution is -0.110. The summed E-state index contributed by atoms with van der Waals surface area (Å²) in [6, 6.07) is 4.78. The first-order valence-electron chi connectivity index (χ1n) is 4.32. The van der Waals surface area contributed by atoms with E-state index in [-0.39, 0.29) is 0 Å². The molecule has 94 valence electrons. The molecule has 2 N–H and O–H groups in total. The van der Waals surface area contributed by atoms with E-state index in [0.717, 1.165) is 0 Å². The van der Waals surface area contributed by atoms with Crippen molar-refractivity contribution in [2.24, 2.45) is 0 Å². The summed E-state index contributed by atoms with van der Waals surface area (Å²) in [5.41, 5.74) is 0.560. The van der Waals surface area contributed by atoms with Gasteiger partial charge in [0.2, 0.25) is 10.2 Å². The number of rotatable bonds is 4. The van der Waals surface area contributed by atoms with E-state index in [2.05, 4.69) is 10.6 Å². The Bertz CT molecular complexity index is 407. The zero-order chi connectivity index (χ0) is 13.1. The van der Waals surface area contributed by atoms with Crippen LogP contribution in [-0.4, -0.2) is 16.4 Å². The maximum absolute atomic E-state index is 10.4. The van der Waals surface area contributed by atoms with Crippen molar-refractivity contribution in [3.8, 4) is 0 Å². The van der Waals surface area contributed by atoms with E-state index < -0.39 is 9.96 Å². The van der Waals surface area contributed by atoms with Crippen LogP contribution in [-0.2, 0) is 4.79 Å². The van der Waals surface area contributed by atoms with Crippen molar-refractivity contribution in [2.45, 2.75) is 9.96 Å². The Morgan fingerprint density at radius 2 is 1.82 bits per heavy atom. The van der Waals surface area contributed by atoms with Crippen molar-refractivity contribution >= 4 is 70.1 Å². The van der Waals surface area contributed by atoms with Crippen molar-refractivity contribution in [2.75, 3.05) is 5.32 Å². The first-order chi connectivity index (χ1) is 7.84. The minimum atomic E-state index is -1.70. The third kappa shape index (κ3) is 4.60. The summed E-state index contributed by atoms with van der Waals surface area (Å²) in [4.78, 5) is 10.4. The molecular weight excluding hydrogens is 329 g/mol. The van der Waals surface area contributed by atoms with Gasteiger partial charge in [0.1, 0.15) is 6.17 Å². The van der Waals surface area contributed by atoms with Crippen LogP contribution in [0.4, 0.5) is 5.69 Å². The topological polar surface area (TPSA) is 41.1 Å². The van der Waals surface area contributed by atoms with Gasteiger partial charge >= 0.3 is 0 Å². The largest absolute Gasteiger partial charge is 0.362 e. The molecule has 0 heterocycles. The highest BCUT2D eigenvalue weighted by Gasteiger charge is 2.32. The first kappa shape index (κ1) is 15.0. The molecule has 3 nitrogen and oxygen atoms in total.